The molecule has 1 aliphatic heterocycles. The van der Waals surface area contributed by atoms with Crippen LogP contribution in [0.2, 0.25) is 0 Å². The van der Waals surface area contributed by atoms with Crippen LogP contribution in [0.4, 0.5) is 0 Å². The first-order chi connectivity index (χ1) is 41.5. The van der Waals surface area contributed by atoms with Gasteiger partial charge in [0.1, 0.15) is 47.8 Å². The Kier molecular flexibility index (Phi) is 38.9. The van der Waals surface area contributed by atoms with E-state index in [1.807, 2.05) is 13.8 Å². The van der Waals surface area contributed by atoms with Gasteiger partial charge >= 0.3 is 0 Å². The molecule has 1 fully saturated rings. The van der Waals surface area contributed by atoms with E-state index in [1.54, 1.807) is 30.3 Å². The maximum absolute atomic E-state index is 14.2. The normalized spacial score (nSPS) is 19.7. The van der Waals surface area contributed by atoms with Crippen LogP contribution < -0.4 is 70.8 Å². The summed E-state index contributed by atoms with van der Waals surface area (Å²) in [5.74, 6) is -9.21. The van der Waals surface area contributed by atoms with Crippen LogP contribution in [0.3, 0.4) is 0 Å². The summed E-state index contributed by atoms with van der Waals surface area (Å²) in [6.45, 7) is 6.09. The van der Waals surface area contributed by atoms with E-state index in [0.717, 1.165) is 21.6 Å². The van der Waals surface area contributed by atoms with Gasteiger partial charge in [0, 0.05) is 49.8 Å². The van der Waals surface area contributed by atoms with E-state index in [1.165, 1.54) is 13.8 Å². The molecular formula is C54H90N14O17S2. The van der Waals surface area contributed by atoms with Crippen molar-refractivity contribution in [3.8, 4) is 0 Å². The lowest BCUT2D eigenvalue weighted by Gasteiger charge is -2.28. The molecule has 87 heavy (non-hydrogen) atoms. The monoisotopic (exact) mass is 1270 g/mol. The number of nitrogens with zero attached hydrogens (tertiary/aromatic N) is 1. The summed E-state index contributed by atoms with van der Waals surface area (Å²) in [7, 11) is 1.82. The molecule has 1 aromatic rings. The lowest BCUT2D eigenvalue weighted by atomic mass is 9.86. The van der Waals surface area contributed by atoms with Crippen molar-refractivity contribution in [3.05, 3.63) is 35.9 Å². The summed E-state index contributed by atoms with van der Waals surface area (Å²) >= 11 is 0. The average molecular weight is 1270 g/mol. The van der Waals surface area contributed by atoms with Crippen LogP contribution in [0, 0.1) is 11.8 Å². The van der Waals surface area contributed by atoms with Crippen LogP contribution in [-0.4, -0.2) is 239 Å². The van der Waals surface area contributed by atoms with E-state index in [9.17, 15) is 63.0 Å². The number of carbonyl (C=O) groups is 11. The molecule has 1 saturated heterocycles. The number of nitrogens with one attached hydrogen (secondary N) is 9. The number of nitrogens with two attached hydrogens (primary N) is 4. The van der Waals surface area contributed by atoms with E-state index in [0.29, 0.717) is 5.56 Å². The van der Waals surface area contributed by atoms with E-state index in [-0.39, 0.29) is 146 Å². The van der Waals surface area contributed by atoms with E-state index >= 15 is 0 Å². The van der Waals surface area contributed by atoms with Crippen LogP contribution in [0.15, 0.2) is 35.3 Å². The van der Waals surface area contributed by atoms with Crippen molar-refractivity contribution in [2.75, 3.05) is 110 Å². The molecule has 2 rings (SSSR count). The number of hydrogen-bond acceptors (Lipinski definition) is 23. The van der Waals surface area contributed by atoms with Crippen LogP contribution in [0.25, 0.3) is 0 Å². The van der Waals surface area contributed by atoms with Gasteiger partial charge in [-0.05, 0) is 38.2 Å². The van der Waals surface area contributed by atoms with Crippen molar-refractivity contribution in [3.63, 3.8) is 0 Å². The number of hydrogen-bond donors (Lipinski definition) is 15. The smallest absolute Gasteiger partial charge is 0.245 e. The van der Waals surface area contributed by atoms with Crippen LogP contribution in [-0.2, 0) is 78.1 Å². The third kappa shape index (κ3) is 33.0. The molecule has 0 radical (unpaired) electrons. The Morgan fingerprint density at radius 1 is 0.713 bits per heavy atom. The minimum atomic E-state index is -1.73. The number of ketones is 3. The Hall–Kier alpha value is -6.40. The number of aliphatic hydroxyl groups is 2. The molecule has 0 bridgehead atoms. The lowest BCUT2D eigenvalue weighted by molar-refractivity contribution is -0.135. The summed E-state index contributed by atoms with van der Waals surface area (Å²) in [6, 6.07) is -0.500. The predicted octanol–water partition coefficient (Wildman–Crippen LogP) is -6.09. The van der Waals surface area contributed by atoms with Gasteiger partial charge < -0.3 is 99.9 Å². The van der Waals surface area contributed by atoms with E-state index in [2.05, 4.69) is 52.8 Å². The van der Waals surface area contributed by atoms with Gasteiger partial charge in [-0.3, -0.25) is 57.7 Å². The molecule has 8 amide bonds. The van der Waals surface area contributed by atoms with Crippen LogP contribution in [0.1, 0.15) is 58.9 Å². The molecule has 19 N–H and O–H groups in total. The number of guanidine groups is 1. The van der Waals surface area contributed by atoms with Crippen molar-refractivity contribution in [2.24, 2.45) is 39.8 Å². The molecule has 0 aliphatic carbocycles. The minimum absolute atomic E-state index is 0.0132. The summed E-state index contributed by atoms with van der Waals surface area (Å²) in [4.78, 5) is 150. The number of rotatable bonds is 37. The van der Waals surface area contributed by atoms with Gasteiger partial charge in [0.05, 0.1) is 97.8 Å². The molecule has 0 saturated carbocycles. The highest BCUT2D eigenvalue weighted by Gasteiger charge is 2.35. The van der Waals surface area contributed by atoms with Gasteiger partial charge in [-0.25, -0.2) is 0 Å². The number of amides is 8. The molecule has 31 nitrogen and oxygen atoms in total. The zero-order valence-corrected chi connectivity index (χ0v) is 51.4. The van der Waals surface area contributed by atoms with Crippen molar-refractivity contribution >= 4 is 92.2 Å². The van der Waals surface area contributed by atoms with Crippen molar-refractivity contribution in [2.45, 2.75) is 108 Å². The fourth-order valence-corrected chi connectivity index (χ4v) is 10.3. The maximum atomic E-state index is 14.2. The predicted molar refractivity (Wildman–Crippen MR) is 323 cm³/mol. The first-order valence-electron chi connectivity index (χ1n) is 28.5. The Morgan fingerprint density at radius 2 is 1.33 bits per heavy atom. The van der Waals surface area contributed by atoms with Gasteiger partial charge in [-0.15, -0.1) is 0 Å². The summed E-state index contributed by atoms with van der Waals surface area (Å²) < 4.78 is 22.0. The Bertz CT molecular complexity index is 2380. The molecule has 0 aromatic heterocycles. The fraction of sp³-hybridized carbons (Fsp3) is 0.667. The molecule has 0 spiro atoms. The van der Waals surface area contributed by atoms with Gasteiger partial charge in [-0.1, -0.05) is 65.8 Å². The largest absolute Gasteiger partial charge is 0.391 e. The summed E-state index contributed by atoms with van der Waals surface area (Å²) in [5, 5.41) is 44.1. The van der Waals surface area contributed by atoms with Gasteiger partial charge in [0.25, 0.3) is 0 Å². The summed E-state index contributed by atoms with van der Waals surface area (Å²) in [5.41, 5.74) is 22.4. The fourth-order valence-electron chi connectivity index (χ4n) is 8.01. The van der Waals surface area contributed by atoms with Gasteiger partial charge in [0.15, 0.2) is 11.7 Å². The number of aliphatic imine (C=N–C) groups is 1. The standard InChI is InChI=1S/C54H90N14O17S2/c1-32(2)37(42(72)25-55)24-36(71)12-15-82-17-19-84-21-22-85-20-18-83-16-14-59-27-43(73)47(33(3)69)68-52(80)41-31-87-86-30-40(63-45(75)28-61-44(74)26-56)51(79)64-38(11-8-13-60-54(57)58)50(78)65-39(23-35-9-6-5-7-10-35)49(77)62-29-46(76)67-48(34(4)70)53(81)66-41/h5-7,9-10,32-34,37-41,47-48,59,69-70H,8,11-31,55-56H2,1-4H3,(H,61,74)(H,62,77)(H,63,75)(H,64,79)(H,65,78)(H,66,81)(H,67,76)(H,68,80)(H4,57,58,60)/t33-,34-,37+,38+,39+,40+,41+,47+,48+/m1/s1. The molecule has 9 atom stereocenters. The number of benzene rings is 1. The second-order valence-corrected chi connectivity index (χ2v) is 22.9. The van der Waals surface area contributed by atoms with Crippen molar-refractivity contribution in [1.82, 2.24) is 47.9 Å². The molecule has 33 heteroatoms. The first-order valence-corrected chi connectivity index (χ1v) is 31.0. The molecular weight excluding hydrogens is 1180 g/mol. The lowest BCUT2D eigenvalue weighted by Crippen LogP contribution is -2.61. The SMILES string of the molecule is CC(C)[C@H](CC(=O)CCOCCOCCOCCOCCNCC(=O)[C@@H](NC(=O)[C@@H]1CSSC[C@H](NC(=O)CNC(=O)CN)C(=O)N[C@@H](CCCN=C(N)N)C(=O)N[C@@H](Cc2ccccc2)C(=O)NCC(=O)N[C@@H]([C@@H](C)O)C(=O)N1)[C@@H](C)O)C(=O)CN. The zero-order chi connectivity index (χ0) is 64.7. The number of Topliss-reactive ketones (excluding diaryl/α,β-unsaturated/α-hetero) is 3. The highest BCUT2D eigenvalue weighted by atomic mass is 33.1. The second-order valence-electron chi connectivity index (χ2n) is 20.3. The average Bonchev–Trinajstić information content (AvgIpc) is 3.63. The molecule has 1 aliphatic rings. The summed E-state index contributed by atoms with van der Waals surface area (Å²) in [6.07, 6.45) is -2.78. The molecule has 0 unspecified atom stereocenters. The molecule has 490 valence electrons. The second kappa shape index (κ2) is 44.1. The number of ether oxygens (including phenoxy) is 4. The molecule has 1 heterocycles. The third-order valence-electron chi connectivity index (χ3n) is 12.8. The first kappa shape index (κ1) is 76.7. The highest BCUT2D eigenvalue weighted by molar-refractivity contribution is 8.76. The number of carbonyl (C=O) groups excluding carboxylic acids is 11. The topological polar surface area (TPSA) is 490 Å². The van der Waals surface area contributed by atoms with E-state index in [4.69, 9.17) is 41.9 Å². The van der Waals surface area contributed by atoms with Crippen molar-refractivity contribution < 1.29 is 81.9 Å². The molecule has 1 aromatic carbocycles. The Morgan fingerprint density at radius 3 is 1.93 bits per heavy atom. The Labute approximate surface area is 514 Å². The maximum Gasteiger partial charge on any atom is 0.245 e. The van der Waals surface area contributed by atoms with Gasteiger partial charge in [-0.2, -0.15) is 0 Å². The third-order valence-corrected chi connectivity index (χ3v) is 15.2. The van der Waals surface area contributed by atoms with Crippen LogP contribution >= 0.6 is 21.6 Å². The Balaban J connectivity index is 2.17. The van der Waals surface area contributed by atoms with Crippen LogP contribution in [0.5, 0.6) is 0 Å². The zero-order valence-electron chi connectivity index (χ0n) is 49.8. The highest BCUT2D eigenvalue weighted by Crippen LogP contribution is 2.24. The van der Waals surface area contributed by atoms with E-state index < -0.39 is 127 Å². The quantitative estimate of drug-likeness (QED) is 0.0128. The number of aliphatic hydroxyl groups excluding tert-OH is 2. The minimum Gasteiger partial charge on any atom is -0.391 e. The van der Waals surface area contributed by atoms with Crippen molar-refractivity contribution in [1.29, 1.82) is 0 Å². The van der Waals surface area contributed by atoms with Gasteiger partial charge in [0.2, 0.25) is 47.3 Å².